The summed E-state index contributed by atoms with van der Waals surface area (Å²) in [6.45, 7) is 4.25. The summed E-state index contributed by atoms with van der Waals surface area (Å²) in [5.41, 5.74) is 0.769. The van der Waals surface area contributed by atoms with Crippen LogP contribution >= 0.6 is 0 Å². The number of aromatic amines is 1. The number of aromatic nitrogens is 1. The Kier molecular flexibility index (Phi) is 10.3. The fraction of sp³-hybridized carbons (Fsp3) is 0.467. The van der Waals surface area contributed by atoms with Gasteiger partial charge in [0, 0.05) is 68.0 Å². The van der Waals surface area contributed by atoms with Gasteiger partial charge in [-0.05, 0) is 50.3 Å². The highest BCUT2D eigenvalue weighted by Gasteiger charge is 2.39. The lowest BCUT2D eigenvalue weighted by atomic mass is 9.98. The van der Waals surface area contributed by atoms with Crippen LogP contribution in [0.3, 0.4) is 0 Å². The number of fused-ring (bicyclic) bond motifs is 1. The summed E-state index contributed by atoms with van der Waals surface area (Å²) in [7, 11) is 3.85. The van der Waals surface area contributed by atoms with Crippen LogP contribution in [0.5, 0.6) is 0 Å². The van der Waals surface area contributed by atoms with Crippen molar-refractivity contribution in [1.82, 2.24) is 30.1 Å². The van der Waals surface area contributed by atoms with Gasteiger partial charge < -0.3 is 14.8 Å². The number of para-hydroxylation sites is 1. The second kappa shape index (κ2) is 13.6. The van der Waals surface area contributed by atoms with Gasteiger partial charge in [0.1, 0.15) is 0 Å². The Morgan fingerprint density at radius 2 is 1.64 bits per heavy atom. The second-order valence-electron chi connectivity index (χ2n) is 11.2. The number of benzene rings is 2. The summed E-state index contributed by atoms with van der Waals surface area (Å²) < 4.78 is 81.3. The molecule has 2 amide bonds. The number of carbonyl (C=O) groups excluding carboxylic acids is 2. The van der Waals surface area contributed by atoms with Crippen molar-refractivity contribution in [2.24, 2.45) is 0 Å². The van der Waals surface area contributed by atoms with Crippen molar-refractivity contribution in [3.8, 4) is 0 Å². The minimum Gasteiger partial charge on any atom is -0.361 e. The van der Waals surface area contributed by atoms with Crippen molar-refractivity contribution >= 4 is 22.7 Å². The van der Waals surface area contributed by atoms with Crippen molar-refractivity contribution in [2.45, 2.75) is 31.7 Å². The summed E-state index contributed by atoms with van der Waals surface area (Å²) in [6.07, 6.45) is -8.12. The third kappa shape index (κ3) is 8.30. The molecule has 240 valence electrons. The molecule has 0 spiro atoms. The van der Waals surface area contributed by atoms with Gasteiger partial charge >= 0.3 is 12.4 Å². The number of nitrogens with zero attached hydrogens (tertiary/aromatic N) is 4. The molecule has 14 heteroatoms. The molecule has 0 radical (unpaired) electrons. The summed E-state index contributed by atoms with van der Waals surface area (Å²) in [4.78, 5) is 34.9. The van der Waals surface area contributed by atoms with Gasteiger partial charge in [-0.3, -0.25) is 19.9 Å². The zero-order valence-corrected chi connectivity index (χ0v) is 24.7. The Bertz CT molecular complexity index is 1420. The zero-order valence-electron chi connectivity index (χ0n) is 24.7. The number of rotatable bonds is 10. The molecule has 8 nitrogen and oxygen atoms in total. The molecule has 0 saturated carbocycles. The number of amides is 2. The van der Waals surface area contributed by atoms with E-state index in [9.17, 15) is 35.9 Å². The highest BCUT2D eigenvalue weighted by molar-refractivity contribution is 5.95. The minimum absolute atomic E-state index is 0.00661. The first-order valence-corrected chi connectivity index (χ1v) is 14.2. The summed E-state index contributed by atoms with van der Waals surface area (Å²) in [5, 5.41) is 2.67. The Labute approximate surface area is 251 Å². The fourth-order valence-corrected chi connectivity index (χ4v) is 5.33. The molecule has 2 heterocycles. The molecule has 4 rings (SSSR count). The Hall–Kier alpha value is -3.62. The van der Waals surface area contributed by atoms with Crippen LogP contribution in [0.1, 0.15) is 34.0 Å². The molecule has 2 N–H and O–H groups in total. The molecular weight excluding hydrogens is 590 g/mol. The molecule has 44 heavy (non-hydrogen) atoms. The van der Waals surface area contributed by atoms with E-state index in [0.29, 0.717) is 25.2 Å². The van der Waals surface area contributed by atoms with Gasteiger partial charge in [0.15, 0.2) is 0 Å². The lowest BCUT2D eigenvalue weighted by Gasteiger charge is -2.41. The van der Waals surface area contributed by atoms with Crippen LogP contribution in [0.2, 0.25) is 0 Å². The van der Waals surface area contributed by atoms with E-state index in [2.05, 4.69) is 10.4 Å². The Morgan fingerprint density at radius 1 is 0.977 bits per heavy atom. The smallest absolute Gasteiger partial charge is 0.361 e. The average Bonchev–Trinajstić information content (AvgIpc) is 3.36. The van der Waals surface area contributed by atoms with Gasteiger partial charge in [0.2, 0.25) is 5.91 Å². The molecule has 1 aliphatic rings. The SMILES string of the molecule is CCN(CCN(C)C)NC(=O)CN1CCN(C(=O)c2cc(C(F)(F)F)cc(C(F)(F)F)c2)[C@H](Cc2c[nH]c3ccccc23)C1. The number of nitrogens with one attached hydrogen (secondary N) is 2. The van der Waals surface area contributed by atoms with Crippen molar-refractivity contribution < 1.29 is 35.9 Å². The van der Waals surface area contributed by atoms with Crippen LogP contribution < -0.4 is 5.43 Å². The molecule has 0 bridgehead atoms. The van der Waals surface area contributed by atoms with Gasteiger partial charge in [-0.1, -0.05) is 25.1 Å². The number of hydrazine groups is 1. The molecule has 1 aromatic heterocycles. The summed E-state index contributed by atoms with van der Waals surface area (Å²) in [5.74, 6) is -1.19. The van der Waals surface area contributed by atoms with Crippen molar-refractivity contribution in [3.63, 3.8) is 0 Å². The maximum Gasteiger partial charge on any atom is 0.416 e. The molecule has 1 aliphatic heterocycles. The maximum absolute atomic E-state index is 13.7. The van der Waals surface area contributed by atoms with E-state index >= 15 is 0 Å². The zero-order chi connectivity index (χ0) is 32.2. The number of halogens is 6. The number of alkyl halides is 6. The maximum atomic E-state index is 13.7. The molecule has 1 saturated heterocycles. The highest BCUT2D eigenvalue weighted by atomic mass is 19.4. The third-order valence-corrected chi connectivity index (χ3v) is 7.64. The van der Waals surface area contributed by atoms with Gasteiger partial charge in [0.25, 0.3) is 5.91 Å². The monoisotopic (exact) mass is 626 g/mol. The van der Waals surface area contributed by atoms with Crippen LogP contribution in [0.15, 0.2) is 48.7 Å². The van der Waals surface area contributed by atoms with Gasteiger partial charge in [-0.2, -0.15) is 26.3 Å². The van der Waals surface area contributed by atoms with Crippen LogP contribution in [0, 0.1) is 0 Å². The van der Waals surface area contributed by atoms with E-state index in [0.717, 1.165) is 23.0 Å². The van der Waals surface area contributed by atoms with Crippen molar-refractivity contribution in [3.05, 3.63) is 70.9 Å². The topological polar surface area (TPSA) is 74.9 Å². The van der Waals surface area contributed by atoms with Crippen LogP contribution in [0.25, 0.3) is 10.9 Å². The summed E-state index contributed by atoms with van der Waals surface area (Å²) in [6, 6.07) is 7.76. The van der Waals surface area contributed by atoms with E-state index in [1.807, 2.05) is 55.1 Å². The predicted molar refractivity (Wildman–Crippen MR) is 154 cm³/mol. The van der Waals surface area contributed by atoms with Gasteiger partial charge in [-0.15, -0.1) is 0 Å². The normalized spacial score (nSPS) is 16.7. The first kappa shape index (κ1) is 33.3. The predicted octanol–water partition coefficient (Wildman–Crippen LogP) is 4.49. The molecule has 2 aromatic carbocycles. The first-order chi connectivity index (χ1) is 20.7. The fourth-order valence-electron chi connectivity index (χ4n) is 5.33. The third-order valence-electron chi connectivity index (χ3n) is 7.64. The lowest BCUT2D eigenvalue weighted by molar-refractivity contribution is -0.143. The van der Waals surface area contributed by atoms with E-state index in [1.165, 1.54) is 4.90 Å². The average molecular weight is 627 g/mol. The largest absolute Gasteiger partial charge is 0.416 e. The number of likely N-dealkylation sites (N-methyl/N-ethyl adjacent to an activating group) is 2. The standard InChI is InChI=1S/C30H36F6N6O2/c1-4-41(11-9-39(2)3)38-27(43)19-40-10-12-42(24(18-40)15-21-17-37-26-8-6-5-7-25(21)26)28(44)20-13-22(29(31,32)33)16-23(14-20)30(34,35)36/h5-8,13-14,16-17,24,37H,4,9-12,15,18-19H2,1-3H3,(H,38,43)/t24-/m1/s1. The van der Waals surface area contributed by atoms with Crippen molar-refractivity contribution in [1.29, 1.82) is 0 Å². The number of hydrogen-bond donors (Lipinski definition) is 2. The molecule has 0 aliphatic carbocycles. The molecule has 0 unspecified atom stereocenters. The van der Waals surface area contributed by atoms with E-state index in [4.69, 9.17) is 0 Å². The molecule has 1 fully saturated rings. The quantitative estimate of drug-likeness (QED) is 0.257. The first-order valence-electron chi connectivity index (χ1n) is 14.2. The Morgan fingerprint density at radius 3 is 2.25 bits per heavy atom. The number of piperazine rings is 1. The van der Waals surface area contributed by atoms with E-state index in [1.54, 1.807) is 11.2 Å². The van der Waals surface area contributed by atoms with Gasteiger partial charge in [-0.25, -0.2) is 5.01 Å². The minimum atomic E-state index is -5.08. The van der Waals surface area contributed by atoms with Gasteiger partial charge in [0.05, 0.1) is 17.7 Å². The number of hydrogen-bond acceptors (Lipinski definition) is 5. The molecular formula is C30H36F6N6O2. The second-order valence-corrected chi connectivity index (χ2v) is 11.2. The van der Waals surface area contributed by atoms with Crippen molar-refractivity contribution in [2.75, 3.05) is 59.9 Å². The van der Waals surface area contributed by atoms with Crippen LogP contribution in [0.4, 0.5) is 26.3 Å². The van der Waals surface area contributed by atoms with E-state index in [-0.39, 0.29) is 44.6 Å². The number of carbonyl (C=O) groups is 2. The number of H-pyrrole nitrogens is 1. The van der Waals surface area contributed by atoms with Crippen LogP contribution in [-0.4, -0.2) is 102 Å². The highest BCUT2D eigenvalue weighted by Crippen LogP contribution is 2.37. The summed E-state index contributed by atoms with van der Waals surface area (Å²) >= 11 is 0. The lowest BCUT2D eigenvalue weighted by Crippen LogP contribution is -2.58. The molecule has 3 aromatic rings. The molecule has 1 atom stereocenters. The Balaban J connectivity index is 1.60. The van der Waals surface area contributed by atoms with E-state index < -0.39 is 41.0 Å². The van der Waals surface area contributed by atoms with Crippen LogP contribution in [-0.2, 0) is 23.6 Å².